The smallest absolute Gasteiger partial charge is 0.339 e. The molecule has 3 aromatic rings. The third-order valence-corrected chi connectivity index (χ3v) is 5.62. The number of ketones is 1. The summed E-state index contributed by atoms with van der Waals surface area (Å²) >= 11 is 1.14. The van der Waals surface area contributed by atoms with E-state index >= 15 is 0 Å². The van der Waals surface area contributed by atoms with E-state index in [1.54, 1.807) is 11.4 Å². The van der Waals surface area contributed by atoms with E-state index in [4.69, 9.17) is 0 Å². The van der Waals surface area contributed by atoms with E-state index in [-0.39, 0.29) is 11.5 Å². The van der Waals surface area contributed by atoms with E-state index in [0.717, 1.165) is 33.3 Å². The zero-order valence-corrected chi connectivity index (χ0v) is 17.0. The van der Waals surface area contributed by atoms with Crippen LogP contribution in [0, 0.1) is 34.6 Å². The Morgan fingerprint density at radius 3 is 2.43 bits per heavy atom. The number of hydrogen-bond acceptors (Lipinski definition) is 5. The van der Waals surface area contributed by atoms with E-state index in [0.29, 0.717) is 27.9 Å². The molecule has 0 radical (unpaired) electrons. The number of nitrogens with zero attached hydrogens (tertiary/aromatic N) is 5. The van der Waals surface area contributed by atoms with Crippen molar-refractivity contribution in [3.05, 3.63) is 40.0 Å². The first kappa shape index (κ1) is 20.4. The molecule has 10 heteroatoms. The zero-order valence-electron chi connectivity index (χ0n) is 16.2. The van der Waals surface area contributed by atoms with Crippen LogP contribution >= 0.6 is 11.8 Å². The van der Waals surface area contributed by atoms with Crippen molar-refractivity contribution >= 4 is 23.3 Å². The number of aromatic nitrogens is 5. The number of Topliss-reactive ketones (excluding diaryl/α,β-unsaturated/α-hetero) is 1. The van der Waals surface area contributed by atoms with Crippen LogP contribution in [0.3, 0.4) is 0 Å². The lowest BCUT2D eigenvalue weighted by Crippen LogP contribution is -2.19. The predicted molar refractivity (Wildman–Crippen MR) is 100 cm³/mol. The molecule has 3 aromatic heterocycles. The van der Waals surface area contributed by atoms with Crippen LogP contribution in [0.2, 0.25) is 0 Å². The number of halogens is 3. The Balaban J connectivity index is 1.79. The van der Waals surface area contributed by atoms with Crippen LogP contribution < -0.4 is 0 Å². The summed E-state index contributed by atoms with van der Waals surface area (Å²) in [6.07, 6.45) is -4.34. The van der Waals surface area contributed by atoms with Gasteiger partial charge in [-0.2, -0.15) is 18.2 Å². The topological polar surface area (TPSA) is 65.1 Å². The molecule has 0 aliphatic rings. The fraction of sp³-hybridized carbons (Fsp3) is 0.444. The van der Waals surface area contributed by atoms with Crippen LogP contribution in [0.25, 0.3) is 5.78 Å². The van der Waals surface area contributed by atoms with Crippen LogP contribution in [0.5, 0.6) is 0 Å². The summed E-state index contributed by atoms with van der Waals surface area (Å²) in [4.78, 5) is 21.3. The molecular formula is C18H20F3N5OS. The molecule has 0 spiro atoms. The first-order chi connectivity index (χ1) is 13.0. The van der Waals surface area contributed by atoms with Gasteiger partial charge in [-0.3, -0.25) is 4.79 Å². The molecule has 0 bridgehead atoms. The number of aryl methyl sites for hydroxylation is 3. The summed E-state index contributed by atoms with van der Waals surface area (Å²) in [7, 11) is 0. The maximum absolute atomic E-state index is 12.7. The Labute approximate surface area is 164 Å². The third kappa shape index (κ3) is 3.91. The zero-order chi connectivity index (χ0) is 20.8. The van der Waals surface area contributed by atoms with Gasteiger partial charge in [0.25, 0.3) is 5.78 Å². The quantitative estimate of drug-likeness (QED) is 0.469. The van der Waals surface area contributed by atoms with Crippen molar-refractivity contribution in [3.63, 3.8) is 0 Å². The van der Waals surface area contributed by atoms with E-state index in [1.807, 2.05) is 20.8 Å². The average Bonchev–Trinajstić information content (AvgIpc) is 3.12. The molecule has 0 N–H and O–H groups in total. The van der Waals surface area contributed by atoms with Crippen LogP contribution in [0.1, 0.15) is 38.7 Å². The Hall–Kier alpha value is -2.36. The van der Waals surface area contributed by atoms with Crippen LogP contribution in [0.15, 0.2) is 11.2 Å². The highest BCUT2D eigenvalue weighted by Crippen LogP contribution is 2.25. The summed E-state index contributed by atoms with van der Waals surface area (Å²) in [5.74, 6) is 0.228. The van der Waals surface area contributed by atoms with Gasteiger partial charge in [0.2, 0.25) is 5.16 Å². The number of thioether (sulfide) groups is 1. The van der Waals surface area contributed by atoms with Gasteiger partial charge >= 0.3 is 6.18 Å². The lowest BCUT2D eigenvalue weighted by molar-refractivity contribution is -0.141. The van der Waals surface area contributed by atoms with Gasteiger partial charge in [0.05, 0.1) is 5.75 Å². The van der Waals surface area contributed by atoms with Crippen molar-refractivity contribution in [3.8, 4) is 0 Å². The number of alkyl halides is 3. The predicted octanol–water partition coefficient (Wildman–Crippen LogP) is 4.01. The van der Waals surface area contributed by atoms with Gasteiger partial charge in [-0.25, -0.2) is 9.50 Å². The van der Waals surface area contributed by atoms with Crippen molar-refractivity contribution in [2.45, 2.75) is 52.5 Å². The fourth-order valence-electron chi connectivity index (χ4n) is 3.01. The average molecular weight is 411 g/mol. The third-order valence-electron chi connectivity index (χ3n) is 4.79. The van der Waals surface area contributed by atoms with Gasteiger partial charge in [-0.15, -0.1) is 5.10 Å². The molecule has 150 valence electrons. The molecule has 0 atom stereocenters. The van der Waals surface area contributed by atoms with Crippen LogP contribution in [0.4, 0.5) is 13.2 Å². The molecule has 6 nitrogen and oxygen atoms in total. The highest BCUT2D eigenvalue weighted by Gasteiger charge is 2.30. The highest BCUT2D eigenvalue weighted by atomic mass is 32.2. The molecule has 0 aliphatic heterocycles. The number of rotatable bonds is 5. The van der Waals surface area contributed by atoms with E-state index < -0.39 is 12.7 Å². The largest absolute Gasteiger partial charge is 0.406 e. The molecule has 0 saturated heterocycles. The molecule has 0 fully saturated rings. The minimum absolute atomic E-state index is 0.0319. The SMILES string of the molecule is Cc1nc2nc(SCC(=O)c3cc(C)n(CC(F)(F)F)c3C)nn2c(C)c1C. The molecule has 0 unspecified atom stereocenters. The standard InChI is InChI=1S/C18H20F3N5OS/c1-9-6-14(13(5)25(9)8-18(19,20)21)15(27)7-28-17-23-16-22-11(3)10(2)12(4)26(16)24-17/h6H,7-8H2,1-5H3. The normalized spacial score (nSPS) is 12.1. The van der Waals surface area contributed by atoms with Crippen molar-refractivity contribution < 1.29 is 18.0 Å². The van der Waals surface area contributed by atoms with E-state index in [1.165, 1.54) is 13.0 Å². The molecule has 0 saturated carbocycles. The first-order valence-electron chi connectivity index (χ1n) is 8.58. The van der Waals surface area contributed by atoms with Crippen LogP contribution in [-0.4, -0.2) is 41.9 Å². The lowest BCUT2D eigenvalue weighted by Gasteiger charge is -2.12. The second-order valence-electron chi connectivity index (χ2n) is 6.71. The summed E-state index contributed by atoms with van der Waals surface area (Å²) in [6, 6.07) is 1.50. The molecule has 3 rings (SSSR count). The summed E-state index contributed by atoms with van der Waals surface area (Å²) in [5.41, 5.74) is 3.80. The van der Waals surface area contributed by atoms with Crippen molar-refractivity contribution in [2.24, 2.45) is 0 Å². The molecule has 3 heterocycles. The van der Waals surface area contributed by atoms with Gasteiger partial charge in [0.15, 0.2) is 5.78 Å². The second-order valence-corrected chi connectivity index (χ2v) is 7.65. The summed E-state index contributed by atoms with van der Waals surface area (Å²) in [5, 5.41) is 4.77. The number of carbonyl (C=O) groups is 1. The minimum Gasteiger partial charge on any atom is -0.339 e. The first-order valence-corrected chi connectivity index (χ1v) is 9.56. The van der Waals surface area contributed by atoms with E-state index in [2.05, 4.69) is 15.1 Å². The van der Waals surface area contributed by atoms with Gasteiger partial charge in [-0.1, -0.05) is 11.8 Å². The second kappa shape index (κ2) is 7.23. The van der Waals surface area contributed by atoms with Crippen molar-refractivity contribution in [1.82, 2.24) is 24.1 Å². The van der Waals surface area contributed by atoms with Crippen LogP contribution in [-0.2, 0) is 6.54 Å². The summed E-state index contributed by atoms with van der Waals surface area (Å²) in [6.45, 7) is 7.74. The number of fused-ring (bicyclic) bond motifs is 1. The number of carbonyl (C=O) groups excluding carboxylic acids is 1. The Morgan fingerprint density at radius 2 is 1.79 bits per heavy atom. The highest BCUT2D eigenvalue weighted by molar-refractivity contribution is 7.99. The summed E-state index contributed by atoms with van der Waals surface area (Å²) < 4.78 is 41.0. The van der Waals surface area contributed by atoms with Gasteiger partial charge < -0.3 is 4.57 Å². The Morgan fingerprint density at radius 1 is 1.11 bits per heavy atom. The van der Waals surface area contributed by atoms with Gasteiger partial charge in [0.1, 0.15) is 6.54 Å². The molecular weight excluding hydrogens is 391 g/mol. The van der Waals surface area contributed by atoms with Gasteiger partial charge in [0, 0.05) is 28.3 Å². The van der Waals surface area contributed by atoms with E-state index in [9.17, 15) is 18.0 Å². The maximum atomic E-state index is 12.7. The molecule has 0 aliphatic carbocycles. The Kier molecular flexibility index (Phi) is 5.26. The van der Waals surface area contributed by atoms with Gasteiger partial charge in [-0.05, 0) is 46.2 Å². The monoisotopic (exact) mass is 411 g/mol. The lowest BCUT2D eigenvalue weighted by atomic mass is 10.2. The maximum Gasteiger partial charge on any atom is 0.406 e. The molecule has 0 aromatic carbocycles. The number of hydrogen-bond donors (Lipinski definition) is 0. The minimum atomic E-state index is -4.34. The fourth-order valence-corrected chi connectivity index (χ4v) is 3.71. The molecule has 28 heavy (non-hydrogen) atoms. The Bertz CT molecular complexity index is 1070. The van der Waals surface area contributed by atoms with Crippen molar-refractivity contribution in [1.29, 1.82) is 0 Å². The molecule has 0 amide bonds. The van der Waals surface area contributed by atoms with Crippen molar-refractivity contribution in [2.75, 3.05) is 5.75 Å².